The van der Waals surface area contributed by atoms with E-state index in [2.05, 4.69) is 34.3 Å². The Morgan fingerprint density at radius 1 is 1.00 bits per heavy atom. The number of ether oxygens (including phenoxy) is 2. The fourth-order valence-corrected chi connectivity index (χ4v) is 4.16. The summed E-state index contributed by atoms with van der Waals surface area (Å²) in [5.74, 6) is -0.0172. The molecule has 2 heterocycles. The number of hydrogen-bond donors (Lipinski definition) is 0. The summed E-state index contributed by atoms with van der Waals surface area (Å²) in [6.07, 6.45) is 2.62. The molecular formula is C27H40N4O4. The zero-order chi connectivity index (χ0) is 26.0. The number of carbonyl (C=O) groups is 2. The van der Waals surface area contributed by atoms with Crippen LogP contribution in [0.15, 0.2) is 30.5 Å². The van der Waals surface area contributed by atoms with Gasteiger partial charge in [0.15, 0.2) is 0 Å². The molecule has 0 spiro atoms. The summed E-state index contributed by atoms with van der Waals surface area (Å²) >= 11 is 0. The van der Waals surface area contributed by atoms with Gasteiger partial charge < -0.3 is 19.3 Å². The van der Waals surface area contributed by atoms with E-state index in [1.165, 1.54) is 10.2 Å². The van der Waals surface area contributed by atoms with Crippen LogP contribution in [0.2, 0.25) is 0 Å². The number of rotatable bonds is 4. The second-order valence-corrected chi connectivity index (χ2v) is 11.6. The summed E-state index contributed by atoms with van der Waals surface area (Å²) in [6, 6.07) is 8.32. The van der Waals surface area contributed by atoms with Gasteiger partial charge in [-0.2, -0.15) is 9.78 Å². The monoisotopic (exact) mass is 484 g/mol. The van der Waals surface area contributed by atoms with Crippen molar-refractivity contribution in [3.05, 3.63) is 41.7 Å². The molecule has 1 saturated heterocycles. The van der Waals surface area contributed by atoms with Crippen molar-refractivity contribution in [2.75, 3.05) is 27.2 Å². The number of nitrogens with zero attached hydrogens (tertiary/aromatic N) is 4. The standard InChI is InChI=1S/C27H40N4O4/c1-26(2,3)34-24(32)30-15-9-10-21(17-30)23-22(18-31(28-23)25(33)35-27(4,5)6)20-13-11-19(12-14-20)16-29(7)8/h11-14,18,21H,9-10,15-17H2,1-8H3/t21-/m1/s1. The quantitative estimate of drug-likeness (QED) is 0.570. The molecule has 0 unspecified atom stereocenters. The lowest BCUT2D eigenvalue weighted by molar-refractivity contribution is 0.0196. The summed E-state index contributed by atoms with van der Waals surface area (Å²) in [5, 5.41) is 4.69. The molecule has 1 aliphatic heterocycles. The molecule has 8 nitrogen and oxygen atoms in total. The molecule has 1 aliphatic rings. The van der Waals surface area contributed by atoms with Crippen LogP contribution in [0.3, 0.4) is 0 Å². The average molecular weight is 485 g/mol. The first-order valence-electron chi connectivity index (χ1n) is 12.3. The predicted octanol–water partition coefficient (Wildman–Crippen LogP) is 5.51. The molecule has 1 fully saturated rings. The van der Waals surface area contributed by atoms with Crippen molar-refractivity contribution in [3.8, 4) is 11.1 Å². The first kappa shape index (κ1) is 26.7. The van der Waals surface area contributed by atoms with Crippen molar-refractivity contribution in [1.82, 2.24) is 19.6 Å². The van der Waals surface area contributed by atoms with Gasteiger partial charge in [-0.1, -0.05) is 24.3 Å². The highest BCUT2D eigenvalue weighted by Gasteiger charge is 2.32. The molecule has 192 valence electrons. The van der Waals surface area contributed by atoms with Gasteiger partial charge in [-0.15, -0.1) is 0 Å². The predicted molar refractivity (Wildman–Crippen MR) is 136 cm³/mol. The van der Waals surface area contributed by atoms with Crippen LogP contribution in [0.25, 0.3) is 11.1 Å². The SMILES string of the molecule is CN(C)Cc1ccc(-c2cn(C(=O)OC(C)(C)C)nc2[C@@H]2CCCN(C(=O)OC(C)(C)C)C2)cc1. The molecule has 35 heavy (non-hydrogen) atoms. The fourth-order valence-electron chi connectivity index (χ4n) is 4.16. The van der Waals surface area contributed by atoms with E-state index in [0.29, 0.717) is 13.1 Å². The molecule has 1 atom stereocenters. The number of likely N-dealkylation sites (tertiary alicyclic amines) is 1. The zero-order valence-electron chi connectivity index (χ0n) is 22.4. The van der Waals surface area contributed by atoms with Crippen molar-refractivity contribution >= 4 is 12.2 Å². The Morgan fingerprint density at radius 2 is 1.60 bits per heavy atom. The Hall–Kier alpha value is -2.87. The van der Waals surface area contributed by atoms with E-state index >= 15 is 0 Å². The van der Waals surface area contributed by atoms with E-state index in [4.69, 9.17) is 9.47 Å². The number of hydrogen-bond acceptors (Lipinski definition) is 6. The fraction of sp³-hybridized carbons (Fsp3) is 0.593. The number of piperidine rings is 1. The second kappa shape index (κ2) is 10.4. The lowest BCUT2D eigenvalue weighted by Crippen LogP contribution is -2.42. The van der Waals surface area contributed by atoms with Crippen LogP contribution in [0, 0.1) is 0 Å². The van der Waals surface area contributed by atoms with Gasteiger partial charge in [-0.25, -0.2) is 9.59 Å². The van der Waals surface area contributed by atoms with Crippen LogP contribution < -0.4 is 0 Å². The van der Waals surface area contributed by atoms with Crippen LogP contribution in [0.5, 0.6) is 0 Å². The second-order valence-electron chi connectivity index (χ2n) is 11.6. The van der Waals surface area contributed by atoms with Gasteiger partial charge >= 0.3 is 12.2 Å². The van der Waals surface area contributed by atoms with Gasteiger partial charge in [0.1, 0.15) is 11.2 Å². The highest BCUT2D eigenvalue weighted by Crippen LogP contribution is 2.34. The molecule has 1 aromatic carbocycles. The minimum absolute atomic E-state index is 0.0172. The normalized spacial score (nSPS) is 16.9. The Labute approximate surface area is 209 Å². The number of aromatic nitrogens is 2. The van der Waals surface area contributed by atoms with E-state index in [0.717, 1.165) is 36.2 Å². The number of carbonyl (C=O) groups excluding carboxylic acids is 2. The first-order valence-corrected chi connectivity index (χ1v) is 12.3. The summed E-state index contributed by atoms with van der Waals surface area (Å²) in [7, 11) is 4.08. The van der Waals surface area contributed by atoms with Gasteiger partial charge in [-0.05, 0) is 79.6 Å². The molecular weight excluding hydrogens is 444 g/mol. The molecule has 1 amide bonds. The van der Waals surface area contributed by atoms with Gasteiger partial charge in [0.05, 0.1) is 5.69 Å². The maximum atomic E-state index is 12.8. The van der Waals surface area contributed by atoms with Crippen molar-refractivity contribution in [2.24, 2.45) is 0 Å². The summed E-state index contributed by atoms with van der Waals surface area (Å²) in [4.78, 5) is 29.4. The van der Waals surface area contributed by atoms with E-state index in [-0.39, 0.29) is 12.0 Å². The van der Waals surface area contributed by atoms with Crippen molar-refractivity contribution in [3.63, 3.8) is 0 Å². The number of amides is 1. The lowest BCUT2D eigenvalue weighted by atomic mass is 9.90. The minimum atomic E-state index is -0.629. The average Bonchev–Trinajstić information content (AvgIpc) is 3.17. The third kappa shape index (κ3) is 7.56. The summed E-state index contributed by atoms with van der Waals surface area (Å²) in [5.41, 5.74) is 2.67. The van der Waals surface area contributed by atoms with Gasteiger partial charge in [0.2, 0.25) is 0 Å². The van der Waals surface area contributed by atoms with Gasteiger partial charge in [-0.3, -0.25) is 0 Å². The maximum Gasteiger partial charge on any atom is 0.435 e. The zero-order valence-corrected chi connectivity index (χ0v) is 22.4. The third-order valence-corrected chi connectivity index (χ3v) is 5.55. The van der Waals surface area contributed by atoms with Crippen molar-refractivity contribution in [1.29, 1.82) is 0 Å². The molecule has 0 bridgehead atoms. The molecule has 0 saturated carbocycles. The highest BCUT2D eigenvalue weighted by molar-refractivity contribution is 5.75. The van der Waals surface area contributed by atoms with Crippen LogP contribution in [-0.2, 0) is 16.0 Å². The summed E-state index contributed by atoms with van der Waals surface area (Å²) < 4.78 is 12.5. The Morgan fingerprint density at radius 3 is 2.17 bits per heavy atom. The van der Waals surface area contributed by atoms with Crippen molar-refractivity contribution < 1.29 is 19.1 Å². The Balaban J connectivity index is 1.94. The summed E-state index contributed by atoms with van der Waals surface area (Å²) in [6.45, 7) is 13.1. The molecule has 1 aromatic heterocycles. The molecule has 0 N–H and O–H groups in total. The largest absolute Gasteiger partial charge is 0.444 e. The Bertz CT molecular complexity index is 1030. The Kier molecular flexibility index (Phi) is 7.94. The third-order valence-electron chi connectivity index (χ3n) is 5.55. The first-order chi connectivity index (χ1) is 16.2. The lowest BCUT2D eigenvalue weighted by Gasteiger charge is -2.33. The van der Waals surface area contributed by atoms with E-state index < -0.39 is 17.3 Å². The molecule has 3 rings (SSSR count). The highest BCUT2D eigenvalue weighted by atomic mass is 16.6. The smallest absolute Gasteiger partial charge is 0.435 e. The van der Waals surface area contributed by atoms with Gasteiger partial charge in [0.25, 0.3) is 0 Å². The number of benzene rings is 1. The van der Waals surface area contributed by atoms with Gasteiger partial charge in [0, 0.05) is 37.3 Å². The van der Waals surface area contributed by atoms with Crippen molar-refractivity contribution in [2.45, 2.75) is 78.0 Å². The van der Waals surface area contributed by atoms with Crippen LogP contribution in [-0.4, -0.2) is 70.2 Å². The van der Waals surface area contributed by atoms with E-state index in [1.807, 2.05) is 55.6 Å². The topological polar surface area (TPSA) is 76.9 Å². The molecule has 0 aliphatic carbocycles. The van der Waals surface area contributed by atoms with Crippen LogP contribution >= 0.6 is 0 Å². The minimum Gasteiger partial charge on any atom is -0.444 e. The van der Waals surface area contributed by atoms with E-state index in [9.17, 15) is 9.59 Å². The maximum absolute atomic E-state index is 12.8. The molecule has 8 heteroatoms. The molecule has 2 aromatic rings. The van der Waals surface area contributed by atoms with Crippen LogP contribution in [0.4, 0.5) is 9.59 Å². The van der Waals surface area contributed by atoms with E-state index in [1.54, 1.807) is 11.1 Å². The molecule has 0 radical (unpaired) electrons. The van der Waals surface area contributed by atoms with Crippen LogP contribution in [0.1, 0.15) is 71.6 Å².